The van der Waals surface area contributed by atoms with E-state index in [1.165, 1.54) is 11.1 Å². The summed E-state index contributed by atoms with van der Waals surface area (Å²) in [5.41, 5.74) is 2.98. The Bertz CT molecular complexity index is 188. The van der Waals surface area contributed by atoms with Gasteiger partial charge in [-0.3, -0.25) is 0 Å². The summed E-state index contributed by atoms with van der Waals surface area (Å²) in [5, 5.41) is 0. The standard InChI is InChI=1S/C10H14.B.H3N/c1-3-9-7-5-6-8-10(9)4-2;;/h5-8H,3-4H2,1-2H3;;1H3. The van der Waals surface area contributed by atoms with Crippen LogP contribution in [0.5, 0.6) is 0 Å². The molecule has 0 bridgehead atoms. The zero-order valence-corrected chi connectivity index (χ0v) is 8.01. The van der Waals surface area contributed by atoms with Crippen LogP contribution in [0.15, 0.2) is 24.3 Å². The van der Waals surface area contributed by atoms with Gasteiger partial charge in [0.05, 0.1) is 0 Å². The molecule has 65 valence electrons. The SMILES string of the molecule is CCc1ccccc1CC.N.[B]. The monoisotopic (exact) mass is 162 g/mol. The Hall–Kier alpha value is -0.755. The molecule has 3 radical (unpaired) electrons. The fourth-order valence-corrected chi connectivity index (χ4v) is 1.25. The number of benzene rings is 1. The summed E-state index contributed by atoms with van der Waals surface area (Å²) in [5.74, 6) is 0. The van der Waals surface area contributed by atoms with Crippen molar-refractivity contribution in [3.63, 3.8) is 0 Å². The lowest BCUT2D eigenvalue weighted by molar-refractivity contribution is 1.04. The van der Waals surface area contributed by atoms with Crippen molar-refractivity contribution in [1.29, 1.82) is 0 Å². The van der Waals surface area contributed by atoms with Gasteiger partial charge in [0, 0.05) is 8.41 Å². The molecule has 0 aliphatic carbocycles. The van der Waals surface area contributed by atoms with Gasteiger partial charge < -0.3 is 6.15 Å². The van der Waals surface area contributed by atoms with Crippen molar-refractivity contribution >= 4 is 8.41 Å². The van der Waals surface area contributed by atoms with Crippen molar-refractivity contribution in [3.05, 3.63) is 35.4 Å². The summed E-state index contributed by atoms with van der Waals surface area (Å²) in [6.45, 7) is 4.41. The summed E-state index contributed by atoms with van der Waals surface area (Å²) in [7, 11) is 0. The van der Waals surface area contributed by atoms with E-state index >= 15 is 0 Å². The third kappa shape index (κ3) is 3.10. The molecule has 2 heteroatoms. The molecule has 0 spiro atoms. The van der Waals surface area contributed by atoms with Gasteiger partial charge in [-0.25, -0.2) is 0 Å². The number of hydrogen-bond acceptors (Lipinski definition) is 1. The van der Waals surface area contributed by atoms with Crippen LogP contribution >= 0.6 is 0 Å². The van der Waals surface area contributed by atoms with Gasteiger partial charge in [-0.2, -0.15) is 0 Å². The molecule has 0 fully saturated rings. The van der Waals surface area contributed by atoms with Gasteiger partial charge in [0.1, 0.15) is 0 Å². The number of rotatable bonds is 2. The lowest BCUT2D eigenvalue weighted by Crippen LogP contribution is -1.88. The van der Waals surface area contributed by atoms with Crippen molar-refractivity contribution in [2.75, 3.05) is 0 Å². The van der Waals surface area contributed by atoms with Crippen LogP contribution < -0.4 is 6.15 Å². The van der Waals surface area contributed by atoms with Gasteiger partial charge in [-0.05, 0) is 24.0 Å². The zero-order chi connectivity index (χ0) is 7.40. The molecule has 0 saturated carbocycles. The fraction of sp³-hybridized carbons (Fsp3) is 0.400. The van der Waals surface area contributed by atoms with Crippen LogP contribution in [0, 0.1) is 0 Å². The number of aryl methyl sites for hydroxylation is 2. The third-order valence-electron chi connectivity index (χ3n) is 1.88. The minimum atomic E-state index is 0. The lowest BCUT2D eigenvalue weighted by Gasteiger charge is -2.02. The van der Waals surface area contributed by atoms with E-state index in [0.29, 0.717) is 0 Å². The molecule has 1 aromatic carbocycles. The van der Waals surface area contributed by atoms with Crippen molar-refractivity contribution in [3.8, 4) is 0 Å². The molecular formula is C10H17BN. The second-order valence-corrected chi connectivity index (χ2v) is 2.48. The Morgan fingerprint density at radius 1 is 0.917 bits per heavy atom. The van der Waals surface area contributed by atoms with E-state index in [2.05, 4.69) is 38.1 Å². The highest BCUT2D eigenvalue weighted by molar-refractivity contribution is 5.75. The van der Waals surface area contributed by atoms with E-state index in [0.717, 1.165) is 12.8 Å². The Balaban J connectivity index is 0. The minimum absolute atomic E-state index is 0. The summed E-state index contributed by atoms with van der Waals surface area (Å²) < 4.78 is 0. The molecule has 0 atom stereocenters. The van der Waals surface area contributed by atoms with Crippen LogP contribution in [0.1, 0.15) is 25.0 Å². The molecule has 0 amide bonds. The smallest absolute Gasteiger partial charge is 0 e. The quantitative estimate of drug-likeness (QED) is 0.666. The Labute approximate surface area is 77.3 Å². The minimum Gasteiger partial charge on any atom is -0.344 e. The highest BCUT2D eigenvalue weighted by atomic mass is 14.0. The van der Waals surface area contributed by atoms with Crippen molar-refractivity contribution in [1.82, 2.24) is 6.15 Å². The molecule has 0 aromatic heterocycles. The van der Waals surface area contributed by atoms with Gasteiger partial charge in [0.25, 0.3) is 0 Å². The molecule has 0 saturated heterocycles. The normalized spacial score (nSPS) is 8.17. The van der Waals surface area contributed by atoms with Crippen molar-refractivity contribution < 1.29 is 0 Å². The van der Waals surface area contributed by atoms with Gasteiger partial charge in [-0.15, -0.1) is 0 Å². The maximum atomic E-state index is 2.21. The Morgan fingerprint density at radius 3 is 1.50 bits per heavy atom. The van der Waals surface area contributed by atoms with E-state index in [9.17, 15) is 0 Å². The van der Waals surface area contributed by atoms with E-state index in [1.807, 2.05) is 0 Å². The molecule has 1 nitrogen and oxygen atoms in total. The Morgan fingerprint density at radius 2 is 1.25 bits per heavy atom. The summed E-state index contributed by atoms with van der Waals surface area (Å²) in [6, 6.07) is 8.63. The van der Waals surface area contributed by atoms with Gasteiger partial charge in [0.2, 0.25) is 0 Å². The molecule has 0 heterocycles. The second kappa shape index (κ2) is 6.92. The fourth-order valence-electron chi connectivity index (χ4n) is 1.25. The van der Waals surface area contributed by atoms with E-state index in [1.54, 1.807) is 0 Å². The lowest BCUT2D eigenvalue weighted by atomic mass is 10.0. The Kier molecular flexibility index (Phi) is 7.97. The topological polar surface area (TPSA) is 35.0 Å². The molecule has 0 aliphatic heterocycles. The summed E-state index contributed by atoms with van der Waals surface area (Å²) >= 11 is 0. The molecule has 1 rings (SSSR count). The highest BCUT2D eigenvalue weighted by Gasteiger charge is 1.93. The maximum absolute atomic E-state index is 2.21. The third-order valence-corrected chi connectivity index (χ3v) is 1.88. The van der Waals surface area contributed by atoms with Gasteiger partial charge in [0.15, 0.2) is 0 Å². The zero-order valence-electron chi connectivity index (χ0n) is 8.01. The highest BCUT2D eigenvalue weighted by Crippen LogP contribution is 2.08. The van der Waals surface area contributed by atoms with E-state index in [4.69, 9.17) is 0 Å². The maximum Gasteiger partial charge on any atom is 0 e. The van der Waals surface area contributed by atoms with Crippen LogP contribution in [-0.2, 0) is 12.8 Å². The summed E-state index contributed by atoms with van der Waals surface area (Å²) in [6.07, 6.45) is 2.31. The van der Waals surface area contributed by atoms with E-state index < -0.39 is 0 Å². The first-order valence-electron chi connectivity index (χ1n) is 3.95. The van der Waals surface area contributed by atoms with Crippen molar-refractivity contribution in [2.24, 2.45) is 0 Å². The molecular weight excluding hydrogens is 145 g/mol. The predicted octanol–water partition coefficient (Wildman–Crippen LogP) is 2.59. The predicted molar refractivity (Wildman–Crippen MR) is 56.0 cm³/mol. The average Bonchev–Trinajstić information content (AvgIpc) is 2.04. The number of hydrogen-bond donors (Lipinski definition) is 1. The van der Waals surface area contributed by atoms with Crippen LogP contribution in [0.2, 0.25) is 0 Å². The van der Waals surface area contributed by atoms with Crippen LogP contribution in [-0.4, -0.2) is 8.41 Å². The average molecular weight is 162 g/mol. The van der Waals surface area contributed by atoms with Crippen LogP contribution in [0.3, 0.4) is 0 Å². The first-order chi connectivity index (χ1) is 4.88. The molecule has 1 aromatic rings. The largest absolute Gasteiger partial charge is 0.344 e. The molecule has 0 unspecified atom stereocenters. The van der Waals surface area contributed by atoms with Crippen LogP contribution in [0.4, 0.5) is 0 Å². The first kappa shape index (κ1) is 13.8. The molecule has 12 heavy (non-hydrogen) atoms. The van der Waals surface area contributed by atoms with Crippen molar-refractivity contribution in [2.45, 2.75) is 26.7 Å². The molecule has 0 aliphatic rings. The van der Waals surface area contributed by atoms with Gasteiger partial charge in [-0.1, -0.05) is 38.1 Å². The molecule has 3 N–H and O–H groups in total. The second-order valence-electron chi connectivity index (χ2n) is 2.48. The first-order valence-corrected chi connectivity index (χ1v) is 3.95. The van der Waals surface area contributed by atoms with E-state index in [-0.39, 0.29) is 14.6 Å². The van der Waals surface area contributed by atoms with Crippen LogP contribution in [0.25, 0.3) is 0 Å². The van der Waals surface area contributed by atoms with Gasteiger partial charge >= 0.3 is 0 Å². The summed E-state index contributed by atoms with van der Waals surface area (Å²) in [4.78, 5) is 0.